The van der Waals surface area contributed by atoms with Crippen LogP contribution in [0.1, 0.15) is 0 Å². The minimum atomic E-state index is -0.229. The Morgan fingerprint density at radius 1 is 1.22 bits per heavy atom. The van der Waals surface area contributed by atoms with Crippen molar-refractivity contribution in [3.63, 3.8) is 0 Å². The molecule has 0 aliphatic carbocycles. The summed E-state index contributed by atoms with van der Waals surface area (Å²) in [5.74, 6) is 0.114. The van der Waals surface area contributed by atoms with Crippen LogP contribution in [0.15, 0.2) is 35.3 Å². The fourth-order valence-corrected chi connectivity index (χ4v) is 2.27. The number of halogens is 1. The van der Waals surface area contributed by atoms with Gasteiger partial charge in [0.2, 0.25) is 5.95 Å². The molecule has 2 aromatic heterocycles. The highest BCUT2D eigenvalue weighted by Crippen LogP contribution is 2.25. The van der Waals surface area contributed by atoms with E-state index in [0.29, 0.717) is 11.0 Å². The Kier molecular flexibility index (Phi) is 2.58. The molecule has 0 saturated heterocycles. The third kappa shape index (κ3) is 1.78. The van der Waals surface area contributed by atoms with Gasteiger partial charge in [-0.3, -0.25) is 9.78 Å². The van der Waals surface area contributed by atoms with Gasteiger partial charge in [-0.1, -0.05) is 12.1 Å². The number of fused-ring (bicyclic) bond motifs is 1. The van der Waals surface area contributed by atoms with Crippen LogP contribution in [-0.4, -0.2) is 15.0 Å². The Bertz CT molecular complexity index is 773. The van der Waals surface area contributed by atoms with Gasteiger partial charge in [0.25, 0.3) is 5.56 Å². The summed E-state index contributed by atoms with van der Waals surface area (Å²) >= 11 is 2.24. The molecule has 0 aliphatic rings. The third-order valence-electron chi connectivity index (χ3n) is 2.72. The van der Waals surface area contributed by atoms with E-state index in [-0.39, 0.29) is 11.5 Å². The maximum atomic E-state index is 11.9. The normalized spacial score (nSPS) is 10.9. The SMILES string of the molecule is Nc1nc2[nH]cc(-c3ccc(I)cc3)c2c(=O)[nH]1. The molecule has 4 N–H and O–H groups in total. The molecular formula is C12H9IN4O. The Hall–Kier alpha value is -1.83. The molecule has 0 aliphatic heterocycles. The Balaban J connectivity index is 2.30. The Labute approximate surface area is 116 Å². The molecular weight excluding hydrogens is 343 g/mol. The number of hydrogen-bond donors (Lipinski definition) is 3. The second kappa shape index (κ2) is 4.13. The lowest BCUT2D eigenvalue weighted by Crippen LogP contribution is -2.10. The Morgan fingerprint density at radius 3 is 2.67 bits per heavy atom. The van der Waals surface area contributed by atoms with Crippen LogP contribution >= 0.6 is 22.6 Å². The zero-order chi connectivity index (χ0) is 12.7. The van der Waals surface area contributed by atoms with Gasteiger partial charge in [-0.2, -0.15) is 4.98 Å². The van der Waals surface area contributed by atoms with Gasteiger partial charge in [0.05, 0.1) is 5.39 Å². The number of nitrogen functional groups attached to an aromatic ring is 1. The molecule has 6 heteroatoms. The first-order valence-corrected chi connectivity index (χ1v) is 6.36. The fraction of sp³-hybridized carbons (Fsp3) is 0. The number of nitrogens with zero attached hydrogens (tertiary/aromatic N) is 1. The van der Waals surface area contributed by atoms with Gasteiger partial charge in [0.1, 0.15) is 5.65 Å². The average molecular weight is 352 g/mol. The van der Waals surface area contributed by atoms with E-state index in [2.05, 4.69) is 37.5 Å². The fourth-order valence-electron chi connectivity index (χ4n) is 1.91. The van der Waals surface area contributed by atoms with E-state index in [4.69, 9.17) is 5.73 Å². The van der Waals surface area contributed by atoms with Gasteiger partial charge in [0, 0.05) is 15.3 Å². The summed E-state index contributed by atoms with van der Waals surface area (Å²) in [7, 11) is 0. The summed E-state index contributed by atoms with van der Waals surface area (Å²) in [6, 6.07) is 7.93. The van der Waals surface area contributed by atoms with E-state index in [1.807, 2.05) is 24.3 Å². The topological polar surface area (TPSA) is 87.6 Å². The molecule has 0 unspecified atom stereocenters. The van der Waals surface area contributed by atoms with Gasteiger partial charge in [-0.15, -0.1) is 0 Å². The zero-order valence-corrected chi connectivity index (χ0v) is 11.4. The van der Waals surface area contributed by atoms with Gasteiger partial charge in [-0.05, 0) is 40.3 Å². The van der Waals surface area contributed by atoms with Crippen molar-refractivity contribution in [3.05, 3.63) is 44.4 Å². The summed E-state index contributed by atoms with van der Waals surface area (Å²) < 4.78 is 1.15. The van der Waals surface area contributed by atoms with Crippen LogP contribution in [0.25, 0.3) is 22.2 Å². The third-order valence-corrected chi connectivity index (χ3v) is 3.43. The van der Waals surface area contributed by atoms with Crippen molar-refractivity contribution in [2.45, 2.75) is 0 Å². The first-order valence-electron chi connectivity index (χ1n) is 5.28. The number of rotatable bonds is 1. The molecule has 0 radical (unpaired) electrons. The molecule has 0 bridgehead atoms. The predicted octanol–water partition coefficient (Wildman–Crippen LogP) is 2.10. The predicted molar refractivity (Wildman–Crippen MR) is 79.3 cm³/mol. The first-order chi connectivity index (χ1) is 8.65. The van der Waals surface area contributed by atoms with E-state index in [0.717, 1.165) is 14.7 Å². The smallest absolute Gasteiger partial charge is 0.262 e. The van der Waals surface area contributed by atoms with Crippen molar-refractivity contribution >= 4 is 39.6 Å². The molecule has 90 valence electrons. The highest BCUT2D eigenvalue weighted by atomic mass is 127. The van der Waals surface area contributed by atoms with Crippen molar-refractivity contribution in [1.82, 2.24) is 15.0 Å². The Morgan fingerprint density at radius 2 is 1.94 bits per heavy atom. The van der Waals surface area contributed by atoms with Crippen molar-refractivity contribution in [2.75, 3.05) is 5.73 Å². The molecule has 3 rings (SSSR count). The van der Waals surface area contributed by atoms with Crippen molar-refractivity contribution in [1.29, 1.82) is 0 Å². The number of nitrogens with two attached hydrogens (primary N) is 1. The lowest BCUT2D eigenvalue weighted by Gasteiger charge is -1.99. The quantitative estimate of drug-likeness (QED) is 0.586. The standard InChI is InChI=1S/C12H9IN4O/c13-7-3-1-6(2-4-7)8-5-15-10-9(8)11(18)17-12(14)16-10/h1-5H,(H4,14,15,16,17,18). The molecule has 0 spiro atoms. The summed E-state index contributed by atoms with van der Waals surface area (Å²) in [4.78, 5) is 21.5. The summed E-state index contributed by atoms with van der Waals surface area (Å²) in [5, 5.41) is 0.533. The largest absolute Gasteiger partial charge is 0.369 e. The molecule has 0 atom stereocenters. The maximum Gasteiger partial charge on any atom is 0.262 e. The molecule has 5 nitrogen and oxygen atoms in total. The van der Waals surface area contributed by atoms with Crippen molar-refractivity contribution in [3.8, 4) is 11.1 Å². The molecule has 2 heterocycles. The molecule has 1 aromatic carbocycles. The number of aromatic amines is 2. The maximum absolute atomic E-state index is 11.9. The van der Waals surface area contributed by atoms with Crippen LogP contribution in [0.4, 0.5) is 5.95 Å². The van der Waals surface area contributed by atoms with Gasteiger partial charge >= 0.3 is 0 Å². The number of benzene rings is 1. The average Bonchev–Trinajstić information content (AvgIpc) is 2.74. The van der Waals surface area contributed by atoms with E-state index in [1.165, 1.54) is 0 Å². The van der Waals surface area contributed by atoms with Crippen LogP contribution in [0.3, 0.4) is 0 Å². The number of nitrogens with one attached hydrogen (secondary N) is 2. The lowest BCUT2D eigenvalue weighted by atomic mass is 10.1. The first kappa shape index (κ1) is 11.3. The van der Waals surface area contributed by atoms with Crippen LogP contribution in [0.5, 0.6) is 0 Å². The van der Waals surface area contributed by atoms with Gasteiger partial charge in [0.15, 0.2) is 0 Å². The van der Waals surface area contributed by atoms with E-state index in [9.17, 15) is 4.79 Å². The summed E-state index contributed by atoms with van der Waals surface area (Å²) in [5.41, 5.74) is 7.58. The van der Waals surface area contributed by atoms with Gasteiger partial charge in [-0.25, -0.2) is 0 Å². The summed E-state index contributed by atoms with van der Waals surface area (Å²) in [6.45, 7) is 0. The minimum absolute atomic E-state index is 0.114. The second-order valence-electron chi connectivity index (χ2n) is 3.88. The van der Waals surface area contributed by atoms with Crippen LogP contribution < -0.4 is 11.3 Å². The zero-order valence-electron chi connectivity index (χ0n) is 9.20. The molecule has 18 heavy (non-hydrogen) atoms. The number of anilines is 1. The molecule has 3 aromatic rings. The number of hydrogen-bond acceptors (Lipinski definition) is 3. The summed E-state index contributed by atoms with van der Waals surface area (Å²) in [6.07, 6.45) is 1.77. The molecule has 0 fully saturated rings. The van der Waals surface area contributed by atoms with E-state index in [1.54, 1.807) is 6.20 Å². The van der Waals surface area contributed by atoms with Crippen LogP contribution in [0.2, 0.25) is 0 Å². The van der Waals surface area contributed by atoms with Crippen LogP contribution in [0, 0.1) is 3.57 Å². The highest BCUT2D eigenvalue weighted by Gasteiger charge is 2.11. The number of aromatic nitrogens is 3. The minimum Gasteiger partial charge on any atom is -0.369 e. The van der Waals surface area contributed by atoms with Gasteiger partial charge < -0.3 is 10.7 Å². The monoisotopic (exact) mass is 352 g/mol. The number of H-pyrrole nitrogens is 2. The second-order valence-corrected chi connectivity index (χ2v) is 5.13. The molecule has 0 amide bonds. The van der Waals surface area contributed by atoms with Crippen molar-refractivity contribution < 1.29 is 0 Å². The van der Waals surface area contributed by atoms with Crippen molar-refractivity contribution in [2.24, 2.45) is 0 Å². The van der Waals surface area contributed by atoms with E-state index < -0.39 is 0 Å². The van der Waals surface area contributed by atoms with E-state index >= 15 is 0 Å². The van der Waals surface area contributed by atoms with Crippen LogP contribution in [-0.2, 0) is 0 Å². The lowest BCUT2D eigenvalue weighted by molar-refractivity contribution is 1.18. The molecule has 0 saturated carbocycles. The highest BCUT2D eigenvalue weighted by molar-refractivity contribution is 14.1.